The van der Waals surface area contributed by atoms with E-state index in [0.717, 1.165) is 0 Å². The van der Waals surface area contributed by atoms with E-state index < -0.39 is 6.10 Å². The molecule has 0 radical (unpaired) electrons. The number of nitrogens with zero attached hydrogens (tertiary/aromatic N) is 4. The van der Waals surface area contributed by atoms with Crippen molar-refractivity contribution >= 4 is 11.7 Å². The predicted molar refractivity (Wildman–Crippen MR) is 78.3 cm³/mol. The molecule has 0 aromatic carbocycles. The van der Waals surface area contributed by atoms with Crippen molar-refractivity contribution in [1.29, 1.82) is 5.26 Å². The molecule has 2 aliphatic rings. The Morgan fingerprint density at radius 2 is 2.14 bits per heavy atom. The van der Waals surface area contributed by atoms with Gasteiger partial charge in [-0.05, 0) is 12.1 Å². The third kappa shape index (κ3) is 3.03. The largest absolute Gasteiger partial charge is 0.378 e. The summed E-state index contributed by atoms with van der Waals surface area (Å²) in [6.07, 6.45) is 1.14. The van der Waals surface area contributed by atoms with Crippen LogP contribution in [0.5, 0.6) is 0 Å². The molecule has 7 heteroatoms. The number of pyridine rings is 1. The molecular weight excluding hydrogens is 284 g/mol. The zero-order chi connectivity index (χ0) is 15.4. The van der Waals surface area contributed by atoms with E-state index in [4.69, 9.17) is 9.47 Å². The molecule has 22 heavy (non-hydrogen) atoms. The zero-order valence-corrected chi connectivity index (χ0v) is 12.3. The molecule has 0 aliphatic carbocycles. The molecule has 2 fully saturated rings. The van der Waals surface area contributed by atoms with Crippen LogP contribution in [0.2, 0.25) is 0 Å². The minimum absolute atomic E-state index is 0.0116. The summed E-state index contributed by atoms with van der Waals surface area (Å²) in [5.41, 5.74) is 0.516. The number of hydrogen-bond donors (Lipinski definition) is 0. The van der Waals surface area contributed by atoms with Gasteiger partial charge in [-0.1, -0.05) is 0 Å². The predicted octanol–water partition coefficient (Wildman–Crippen LogP) is 0.0173. The van der Waals surface area contributed by atoms with E-state index in [1.807, 2.05) is 4.90 Å². The van der Waals surface area contributed by atoms with Gasteiger partial charge in [0, 0.05) is 25.8 Å². The van der Waals surface area contributed by atoms with Crippen molar-refractivity contribution in [1.82, 2.24) is 9.88 Å². The maximum absolute atomic E-state index is 12.5. The number of aromatic nitrogens is 1. The van der Waals surface area contributed by atoms with Crippen molar-refractivity contribution in [2.24, 2.45) is 0 Å². The summed E-state index contributed by atoms with van der Waals surface area (Å²) in [5.74, 6) is 0.607. The molecule has 2 aliphatic heterocycles. The number of hydrogen-bond acceptors (Lipinski definition) is 6. The lowest BCUT2D eigenvalue weighted by atomic mass is 10.2. The number of amides is 1. The highest BCUT2D eigenvalue weighted by atomic mass is 16.5. The summed E-state index contributed by atoms with van der Waals surface area (Å²) in [7, 11) is 0. The monoisotopic (exact) mass is 302 g/mol. The van der Waals surface area contributed by atoms with Crippen LogP contribution in [0.1, 0.15) is 5.56 Å². The highest BCUT2D eigenvalue weighted by Gasteiger charge is 2.32. The SMILES string of the molecule is N#Cc1cccnc1N1CCOC(C(=O)N2CCOCC2)C1. The Hall–Kier alpha value is -2.17. The molecule has 3 heterocycles. The second-order valence-electron chi connectivity index (χ2n) is 5.23. The molecule has 3 rings (SSSR count). The Kier molecular flexibility index (Phi) is 4.51. The van der Waals surface area contributed by atoms with Crippen molar-refractivity contribution in [3.63, 3.8) is 0 Å². The normalized spacial score (nSPS) is 22.2. The number of nitriles is 1. The van der Waals surface area contributed by atoms with Crippen LogP contribution in [0.4, 0.5) is 5.82 Å². The third-order valence-electron chi connectivity index (χ3n) is 3.87. The van der Waals surface area contributed by atoms with E-state index in [1.54, 1.807) is 23.2 Å². The van der Waals surface area contributed by atoms with Gasteiger partial charge in [0.15, 0.2) is 6.10 Å². The molecular formula is C15H18N4O3. The molecule has 0 spiro atoms. The fourth-order valence-electron chi connectivity index (χ4n) is 2.71. The van der Waals surface area contributed by atoms with Gasteiger partial charge in [0.05, 0.1) is 31.9 Å². The summed E-state index contributed by atoms with van der Waals surface area (Å²) in [4.78, 5) is 20.5. The van der Waals surface area contributed by atoms with Crippen LogP contribution in [0.15, 0.2) is 18.3 Å². The molecule has 0 bridgehead atoms. The topological polar surface area (TPSA) is 78.7 Å². The van der Waals surface area contributed by atoms with E-state index in [2.05, 4.69) is 11.1 Å². The molecule has 2 saturated heterocycles. The van der Waals surface area contributed by atoms with Crippen LogP contribution >= 0.6 is 0 Å². The standard InChI is InChI=1S/C15H18N4O3/c16-10-12-2-1-3-17-14(12)19-6-9-22-13(11-19)15(20)18-4-7-21-8-5-18/h1-3,13H,4-9,11H2. The summed E-state index contributed by atoms with van der Waals surface area (Å²) < 4.78 is 10.9. The Morgan fingerprint density at radius 3 is 2.91 bits per heavy atom. The van der Waals surface area contributed by atoms with Crippen molar-refractivity contribution < 1.29 is 14.3 Å². The van der Waals surface area contributed by atoms with Crippen LogP contribution in [0, 0.1) is 11.3 Å². The minimum Gasteiger partial charge on any atom is -0.378 e. The van der Waals surface area contributed by atoms with Gasteiger partial charge >= 0.3 is 0 Å². The Morgan fingerprint density at radius 1 is 1.32 bits per heavy atom. The molecule has 1 aromatic heterocycles. The maximum atomic E-state index is 12.5. The Bertz CT molecular complexity index is 580. The number of ether oxygens (including phenoxy) is 2. The quantitative estimate of drug-likeness (QED) is 0.766. The lowest BCUT2D eigenvalue weighted by molar-refractivity contribution is -0.148. The second-order valence-corrected chi connectivity index (χ2v) is 5.23. The van der Waals surface area contributed by atoms with Crippen LogP contribution in [-0.2, 0) is 14.3 Å². The van der Waals surface area contributed by atoms with Crippen LogP contribution < -0.4 is 4.90 Å². The van der Waals surface area contributed by atoms with Gasteiger partial charge in [0.2, 0.25) is 0 Å². The Balaban J connectivity index is 1.71. The average Bonchev–Trinajstić information content (AvgIpc) is 2.62. The number of rotatable bonds is 2. The molecule has 7 nitrogen and oxygen atoms in total. The molecule has 116 valence electrons. The highest BCUT2D eigenvalue weighted by molar-refractivity contribution is 5.82. The van der Waals surface area contributed by atoms with E-state index >= 15 is 0 Å². The zero-order valence-electron chi connectivity index (χ0n) is 12.3. The highest BCUT2D eigenvalue weighted by Crippen LogP contribution is 2.20. The summed E-state index contributed by atoms with van der Waals surface area (Å²) in [6.45, 7) is 3.84. The number of carbonyl (C=O) groups is 1. The van der Waals surface area contributed by atoms with Gasteiger partial charge < -0.3 is 19.3 Å². The first kappa shape index (κ1) is 14.8. The fourth-order valence-corrected chi connectivity index (χ4v) is 2.71. The summed E-state index contributed by atoms with van der Waals surface area (Å²) >= 11 is 0. The molecule has 0 N–H and O–H groups in total. The lowest BCUT2D eigenvalue weighted by Crippen LogP contribution is -2.53. The lowest BCUT2D eigenvalue weighted by Gasteiger charge is -2.36. The first-order chi connectivity index (χ1) is 10.8. The molecule has 1 amide bonds. The summed E-state index contributed by atoms with van der Waals surface area (Å²) in [5, 5.41) is 9.19. The first-order valence-electron chi connectivity index (χ1n) is 7.38. The smallest absolute Gasteiger partial charge is 0.253 e. The first-order valence-corrected chi connectivity index (χ1v) is 7.38. The molecule has 0 saturated carbocycles. The van der Waals surface area contributed by atoms with E-state index in [0.29, 0.717) is 57.4 Å². The maximum Gasteiger partial charge on any atom is 0.253 e. The number of anilines is 1. The number of carbonyl (C=O) groups excluding carboxylic acids is 1. The van der Waals surface area contributed by atoms with E-state index in [9.17, 15) is 10.1 Å². The van der Waals surface area contributed by atoms with E-state index in [1.165, 1.54) is 0 Å². The van der Waals surface area contributed by atoms with Gasteiger partial charge in [-0.15, -0.1) is 0 Å². The van der Waals surface area contributed by atoms with Crippen molar-refractivity contribution in [3.05, 3.63) is 23.9 Å². The van der Waals surface area contributed by atoms with Crippen molar-refractivity contribution in [2.45, 2.75) is 6.10 Å². The van der Waals surface area contributed by atoms with E-state index in [-0.39, 0.29) is 5.91 Å². The molecule has 1 unspecified atom stereocenters. The Labute approximate surface area is 129 Å². The average molecular weight is 302 g/mol. The van der Waals surface area contributed by atoms with Gasteiger partial charge in [0.25, 0.3) is 5.91 Å². The minimum atomic E-state index is -0.514. The van der Waals surface area contributed by atoms with Gasteiger partial charge in [-0.3, -0.25) is 4.79 Å². The van der Waals surface area contributed by atoms with Gasteiger partial charge in [-0.2, -0.15) is 5.26 Å². The third-order valence-corrected chi connectivity index (χ3v) is 3.87. The fraction of sp³-hybridized carbons (Fsp3) is 0.533. The molecule has 1 atom stereocenters. The van der Waals surface area contributed by atoms with Crippen molar-refractivity contribution in [2.75, 3.05) is 50.9 Å². The summed E-state index contributed by atoms with van der Waals surface area (Å²) in [6, 6.07) is 5.61. The van der Waals surface area contributed by atoms with Crippen LogP contribution in [0.3, 0.4) is 0 Å². The molecule has 1 aromatic rings. The van der Waals surface area contributed by atoms with Gasteiger partial charge in [-0.25, -0.2) is 4.98 Å². The van der Waals surface area contributed by atoms with Crippen molar-refractivity contribution in [3.8, 4) is 6.07 Å². The van der Waals surface area contributed by atoms with Crippen LogP contribution in [-0.4, -0.2) is 67.9 Å². The second kappa shape index (κ2) is 6.73. The number of morpholine rings is 2. The van der Waals surface area contributed by atoms with Crippen LogP contribution in [0.25, 0.3) is 0 Å². The van der Waals surface area contributed by atoms with Gasteiger partial charge in [0.1, 0.15) is 11.9 Å².